The molecule has 2 atom stereocenters. The molecule has 0 bridgehead atoms. The molecule has 1 aliphatic heterocycles. The van der Waals surface area contributed by atoms with E-state index in [2.05, 4.69) is 11.9 Å². The van der Waals surface area contributed by atoms with Crippen molar-refractivity contribution in [2.75, 3.05) is 6.54 Å². The summed E-state index contributed by atoms with van der Waals surface area (Å²) in [7, 11) is 0. The second-order valence-electron chi connectivity index (χ2n) is 2.78. The molecule has 4 nitrogen and oxygen atoms in total. The van der Waals surface area contributed by atoms with Crippen LogP contribution in [0.3, 0.4) is 0 Å². The number of aliphatic hydroxyl groups is 1. The van der Waals surface area contributed by atoms with Crippen molar-refractivity contribution in [2.24, 2.45) is 0 Å². The van der Waals surface area contributed by atoms with Crippen LogP contribution in [0.5, 0.6) is 0 Å². The second-order valence-corrected chi connectivity index (χ2v) is 2.78. The third kappa shape index (κ3) is 1.58. The Balaban J connectivity index is 2.59. The predicted octanol–water partition coefficient (Wildman–Crippen LogP) is -0.650. The first-order chi connectivity index (χ1) is 5.07. The van der Waals surface area contributed by atoms with Gasteiger partial charge in [-0.2, -0.15) is 0 Å². The third-order valence-corrected chi connectivity index (χ3v) is 1.89. The Bertz CT molecular complexity index is 192. The normalized spacial score (nSPS) is 37.0. The SMILES string of the molecule is C=CC1(O)CN[C@H](C(=O)O)C1. The lowest BCUT2D eigenvalue weighted by molar-refractivity contribution is -0.139. The van der Waals surface area contributed by atoms with E-state index in [9.17, 15) is 9.90 Å². The zero-order valence-corrected chi connectivity index (χ0v) is 6.08. The minimum atomic E-state index is -1.04. The summed E-state index contributed by atoms with van der Waals surface area (Å²) in [5, 5.41) is 20.7. The van der Waals surface area contributed by atoms with Gasteiger partial charge in [0.15, 0.2) is 0 Å². The van der Waals surface area contributed by atoms with E-state index in [0.29, 0.717) is 0 Å². The van der Waals surface area contributed by atoms with Crippen molar-refractivity contribution in [3.8, 4) is 0 Å². The molecule has 1 saturated heterocycles. The predicted molar refractivity (Wildman–Crippen MR) is 39.2 cm³/mol. The van der Waals surface area contributed by atoms with E-state index in [1.54, 1.807) is 0 Å². The number of aliphatic carboxylic acids is 1. The van der Waals surface area contributed by atoms with Crippen LogP contribution in [-0.4, -0.2) is 34.4 Å². The zero-order chi connectivity index (χ0) is 8.48. The molecular weight excluding hydrogens is 146 g/mol. The van der Waals surface area contributed by atoms with Crippen molar-refractivity contribution in [1.82, 2.24) is 5.32 Å². The number of carboxylic acids is 1. The molecule has 0 aromatic carbocycles. The molecule has 4 heteroatoms. The van der Waals surface area contributed by atoms with E-state index in [1.807, 2.05) is 0 Å². The standard InChI is InChI=1S/C7H11NO3/c1-2-7(11)3-5(6(9)10)8-4-7/h2,5,8,11H,1,3-4H2,(H,9,10)/t5-,7?/m0/s1. The molecule has 1 rings (SSSR count). The molecule has 1 heterocycles. The maximum Gasteiger partial charge on any atom is 0.320 e. The summed E-state index contributed by atoms with van der Waals surface area (Å²) in [5.41, 5.74) is -1.04. The molecule has 1 aliphatic rings. The largest absolute Gasteiger partial charge is 0.480 e. The third-order valence-electron chi connectivity index (χ3n) is 1.89. The average molecular weight is 157 g/mol. The maximum atomic E-state index is 10.4. The van der Waals surface area contributed by atoms with Crippen molar-refractivity contribution in [3.63, 3.8) is 0 Å². The molecule has 1 unspecified atom stereocenters. The van der Waals surface area contributed by atoms with Crippen molar-refractivity contribution in [1.29, 1.82) is 0 Å². The van der Waals surface area contributed by atoms with Gasteiger partial charge in [0.2, 0.25) is 0 Å². The summed E-state index contributed by atoms with van der Waals surface area (Å²) < 4.78 is 0. The van der Waals surface area contributed by atoms with Crippen LogP contribution in [0.4, 0.5) is 0 Å². The van der Waals surface area contributed by atoms with Crippen molar-refractivity contribution >= 4 is 5.97 Å². The minimum Gasteiger partial charge on any atom is -0.480 e. The summed E-state index contributed by atoms with van der Waals surface area (Å²) in [6.45, 7) is 3.70. The Kier molecular flexibility index (Phi) is 1.97. The number of β-amino-alcohol motifs (C(OH)–C–C–N with tert-alkyl or cyclic N) is 1. The minimum absolute atomic E-state index is 0.200. The van der Waals surface area contributed by atoms with Gasteiger partial charge < -0.3 is 15.5 Å². The molecule has 0 saturated carbocycles. The number of rotatable bonds is 2. The summed E-state index contributed by atoms with van der Waals surface area (Å²) in [4.78, 5) is 10.4. The molecule has 3 N–H and O–H groups in total. The molecule has 62 valence electrons. The quantitative estimate of drug-likeness (QED) is 0.466. The first-order valence-electron chi connectivity index (χ1n) is 3.39. The highest BCUT2D eigenvalue weighted by Crippen LogP contribution is 2.19. The van der Waals surface area contributed by atoms with Crippen LogP contribution in [0.1, 0.15) is 6.42 Å². The summed E-state index contributed by atoms with van der Waals surface area (Å²) in [6, 6.07) is -0.641. The first-order valence-corrected chi connectivity index (χ1v) is 3.39. The molecule has 0 aliphatic carbocycles. The lowest BCUT2D eigenvalue weighted by Crippen LogP contribution is -2.30. The highest BCUT2D eigenvalue weighted by molar-refractivity contribution is 5.74. The molecule has 0 spiro atoms. The van der Waals surface area contributed by atoms with Crippen molar-refractivity contribution < 1.29 is 15.0 Å². The van der Waals surface area contributed by atoms with Gasteiger partial charge in [-0.3, -0.25) is 4.79 Å². The summed E-state index contributed by atoms with van der Waals surface area (Å²) in [6.07, 6.45) is 1.58. The zero-order valence-electron chi connectivity index (χ0n) is 6.08. The highest BCUT2D eigenvalue weighted by Gasteiger charge is 2.37. The van der Waals surface area contributed by atoms with Crippen molar-refractivity contribution in [3.05, 3.63) is 12.7 Å². The maximum absolute atomic E-state index is 10.4. The van der Waals surface area contributed by atoms with Gasteiger partial charge in [-0.25, -0.2) is 0 Å². The monoisotopic (exact) mass is 157 g/mol. The molecule has 0 aromatic heterocycles. The molecule has 1 fully saturated rings. The fourth-order valence-corrected chi connectivity index (χ4v) is 1.13. The number of hydrogen-bond donors (Lipinski definition) is 3. The van der Waals surface area contributed by atoms with Gasteiger partial charge in [0.05, 0.1) is 5.60 Å². The Morgan fingerprint density at radius 1 is 1.82 bits per heavy atom. The van der Waals surface area contributed by atoms with Crippen LogP contribution < -0.4 is 5.32 Å². The Morgan fingerprint density at radius 3 is 2.73 bits per heavy atom. The summed E-state index contributed by atoms with van der Waals surface area (Å²) in [5.74, 6) is -0.928. The van der Waals surface area contributed by atoms with E-state index >= 15 is 0 Å². The fraction of sp³-hybridized carbons (Fsp3) is 0.571. The Morgan fingerprint density at radius 2 is 2.45 bits per heavy atom. The fourth-order valence-electron chi connectivity index (χ4n) is 1.13. The van der Waals surface area contributed by atoms with Gasteiger partial charge in [0.1, 0.15) is 6.04 Å². The van der Waals surface area contributed by atoms with E-state index in [1.165, 1.54) is 6.08 Å². The Hall–Kier alpha value is -0.870. The number of carbonyl (C=O) groups is 1. The van der Waals surface area contributed by atoms with Gasteiger partial charge in [0.25, 0.3) is 0 Å². The van der Waals surface area contributed by atoms with E-state index in [-0.39, 0.29) is 13.0 Å². The van der Waals surface area contributed by atoms with Crippen LogP contribution in [0.2, 0.25) is 0 Å². The smallest absolute Gasteiger partial charge is 0.320 e. The van der Waals surface area contributed by atoms with Crippen LogP contribution in [0.25, 0.3) is 0 Å². The van der Waals surface area contributed by atoms with Gasteiger partial charge in [-0.1, -0.05) is 6.08 Å². The van der Waals surface area contributed by atoms with Crippen LogP contribution in [0, 0.1) is 0 Å². The van der Waals surface area contributed by atoms with Gasteiger partial charge in [-0.05, 0) is 0 Å². The van der Waals surface area contributed by atoms with Gasteiger partial charge in [0, 0.05) is 13.0 Å². The number of hydrogen-bond acceptors (Lipinski definition) is 3. The van der Waals surface area contributed by atoms with Gasteiger partial charge >= 0.3 is 5.97 Å². The lowest BCUT2D eigenvalue weighted by atomic mass is 10.0. The van der Waals surface area contributed by atoms with Crippen molar-refractivity contribution in [2.45, 2.75) is 18.1 Å². The Labute approximate surface area is 64.5 Å². The van der Waals surface area contributed by atoms with E-state index < -0.39 is 17.6 Å². The van der Waals surface area contributed by atoms with Crippen LogP contribution in [-0.2, 0) is 4.79 Å². The molecule has 0 aromatic rings. The highest BCUT2D eigenvalue weighted by atomic mass is 16.4. The molecule has 0 radical (unpaired) electrons. The summed E-state index contributed by atoms with van der Waals surface area (Å²) >= 11 is 0. The number of nitrogens with one attached hydrogen (secondary N) is 1. The van der Waals surface area contributed by atoms with Gasteiger partial charge in [-0.15, -0.1) is 6.58 Å². The van der Waals surface area contributed by atoms with Crippen LogP contribution in [0.15, 0.2) is 12.7 Å². The molecule has 11 heavy (non-hydrogen) atoms. The first kappa shape index (κ1) is 8.23. The van der Waals surface area contributed by atoms with Crippen LogP contribution >= 0.6 is 0 Å². The van der Waals surface area contributed by atoms with E-state index in [4.69, 9.17) is 5.11 Å². The van der Waals surface area contributed by atoms with E-state index in [0.717, 1.165) is 0 Å². The lowest BCUT2D eigenvalue weighted by Gasteiger charge is -2.14. The number of carboxylic acid groups (broad SMARTS) is 1. The second kappa shape index (κ2) is 2.64. The topological polar surface area (TPSA) is 69.6 Å². The average Bonchev–Trinajstić information content (AvgIpc) is 2.33. The molecular formula is C7H11NO3. The molecule has 0 amide bonds.